The second-order valence-electron chi connectivity index (χ2n) is 4.47. The van der Waals surface area contributed by atoms with Crippen LogP contribution in [0.1, 0.15) is 10.4 Å². The molecule has 23 heavy (non-hydrogen) atoms. The van der Waals surface area contributed by atoms with Crippen molar-refractivity contribution in [3.8, 4) is 17.2 Å². The van der Waals surface area contributed by atoms with Crippen molar-refractivity contribution < 1.29 is 19.0 Å². The molecule has 0 saturated carbocycles. The van der Waals surface area contributed by atoms with E-state index in [9.17, 15) is 4.79 Å². The van der Waals surface area contributed by atoms with Crippen molar-refractivity contribution in [1.82, 2.24) is 0 Å². The fourth-order valence-electron chi connectivity index (χ4n) is 2.05. The lowest BCUT2D eigenvalue weighted by Crippen LogP contribution is -2.13. The summed E-state index contributed by atoms with van der Waals surface area (Å²) in [5, 5.41) is 2.83. The number of carbonyl (C=O) groups excluding carboxylic acids is 1. The molecule has 0 aromatic heterocycles. The minimum absolute atomic E-state index is 0.297. The van der Waals surface area contributed by atoms with E-state index >= 15 is 0 Å². The number of benzene rings is 2. The average Bonchev–Trinajstić information content (AvgIpc) is 2.54. The normalized spacial score (nSPS) is 10.1. The Morgan fingerprint density at radius 1 is 1.00 bits per heavy atom. The molecule has 2 rings (SSSR count). The molecule has 2 aromatic carbocycles. The van der Waals surface area contributed by atoms with Crippen LogP contribution in [-0.4, -0.2) is 27.2 Å². The molecule has 0 aliphatic rings. The van der Waals surface area contributed by atoms with Gasteiger partial charge >= 0.3 is 0 Å². The Bertz CT molecular complexity index is 734. The van der Waals surface area contributed by atoms with Crippen LogP contribution in [0.15, 0.2) is 39.3 Å². The Hall–Kier alpha value is -1.73. The van der Waals surface area contributed by atoms with Gasteiger partial charge in [0.25, 0.3) is 5.91 Å². The standard InChI is InChI=1S/C16H15Br2NO4/c1-21-12-8-11(13(18)15(23-3)14(12)22-2)16(20)19-10-6-4-5-9(17)7-10/h4-8H,1-3H3,(H,19,20). The van der Waals surface area contributed by atoms with Gasteiger partial charge in [0.15, 0.2) is 11.5 Å². The third-order valence-electron chi connectivity index (χ3n) is 3.10. The summed E-state index contributed by atoms with van der Waals surface area (Å²) in [6.07, 6.45) is 0. The van der Waals surface area contributed by atoms with E-state index in [0.29, 0.717) is 33.0 Å². The molecule has 0 unspecified atom stereocenters. The summed E-state index contributed by atoms with van der Waals surface area (Å²) < 4.78 is 17.3. The van der Waals surface area contributed by atoms with E-state index < -0.39 is 0 Å². The second kappa shape index (κ2) is 7.70. The monoisotopic (exact) mass is 443 g/mol. The van der Waals surface area contributed by atoms with Crippen molar-refractivity contribution in [2.24, 2.45) is 0 Å². The summed E-state index contributed by atoms with van der Waals surface area (Å²) in [6, 6.07) is 8.92. The van der Waals surface area contributed by atoms with E-state index in [1.807, 2.05) is 18.2 Å². The number of ether oxygens (including phenoxy) is 3. The smallest absolute Gasteiger partial charge is 0.257 e. The third kappa shape index (κ3) is 3.79. The number of halogens is 2. The molecular formula is C16H15Br2NO4. The molecule has 5 nitrogen and oxygen atoms in total. The topological polar surface area (TPSA) is 56.8 Å². The maximum Gasteiger partial charge on any atom is 0.257 e. The molecule has 0 radical (unpaired) electrons. The Kier molecular flexibility index (Phi) is 5.90. The molecule has 2 aromatic rings. The number of nitrogens with one attached hydrogen (secondary N) is 1. The fourth-order valence-corrected chi connectivity index (χ4v) is 3.09. The van der Waals surface area contributed by atoms with Crippen LogP contribution in [0.25, 0.3) is 0 Å². The molecule has 122 valence electrons. The van der Waals surface area contributed by atoms with Gasteiger partial charge in [-0.25, -0.2) is 0 Å². The highest BCUT2D eigenvalue weighted by Crippen LogP contribution is 2.44. The predicted molar refractivity (Wildman–Crippen MR) is 95.9 cm³/mol. The minimum Gasteiger partial charge on any atom is -0.493 e. The zero-order chi connectivity index (χ0) is 17.0. The molecule has 0 bridgehead atoms. The fraction of sp³-hybridized carbons (Fsp3) is 0.188. The van der Waals surface area contributed by atoms with E-state index in [1.54, 1.807) is 12.1 Å². The maximum atomic E-state index is 12.6. The van der Waals surface area contributed by atoms with Crippen molar-refractivity contribution in [3.63, 3.8) is 0 Å². The summed E-state index contributed by atoms with van der Waals surface area (Å²) >= 11 is 6.76. The Balaban J connectivity index is 2.44. The van der Waals surface area contributed by atoms with E-state index in [0.717, 1.165) is 4.47 Å². The van der Waals surface area contributed by atoms with Gasteiger partial charge < -0.3 is 19.5 Å². The highest BCUT2D eigenvalue weighted by Gasteiger charge is 2.22. The number of hydrogen-bond donors (Lipinski definition) is 1. The number of hydrogen-bond acceptors (Lipinski definition) is 4. The number of anilines is 1. The summed E-state index contributed by atoms with van der Waals surface area (Å²) in [7, 11) is 4.51. The van der Waals surface area contributed by atoms with Gasteiger partial charge in [-0.15, -0.1) is 0 Å². The summed E-state index contributed by atoms with van der Waals surface area (Å²) in [5.74, 6) is 0.924. The number of rotatable bonds is 5. The first-order valence-electron chi connectivity index (χ1n) is 6.57. The number of carbonyl (C=O) groups is 1. The van der Waals surface area contributed by atoms with E-state index in [2.05, 4.69) is 37.2 Å². The molecule has 1 amide bonds. The molecule has 0 atom stereocenters. The van der Waals surface area contributed by atoms with Crippen LogP contribution in [0.2, 0.25) is 0 Å². The quantitative estimate of drug-likeness (QED) is 0.738. The molecule has 0 aliphatic heterocycles. The van der Waals surface area contributed by atoms with Gasteiger partial charge in [-0.1, -0.05) is 22.0 Å². The number of amides is 1. The van der Waals surface area contributed by atoms with Crippen LogP contribution in [0, 0.1) is 0 Å². The van der Waals surface area contributed by atoms with Crippen molar-refractivity contribution >= 4 is 43.5 Å². The molecule has 0 heterocycles. The van der Waals surface area contributed by atoms with Crippen LogP contribution in [0.5, 0.6) is 17.2 Å². The zero-order valence-electron chi connectivity index (χ0n) is 12.8. The lowest BCUT2D eigenvalue weighted by molar-refractivity contribution is 0.102. The third-order valence-corrected chi connectivity index (χ3v) is 4.38. The maximum absolute atomic E-state index is 12.6. The summed E-state index contributed by atoms with van der Waals surface area (Å²) in [5.41, 5.74) is 1.05. The molecule has 7 heteroatoms. The molecular weight excluding hydrogens is 430 g/mol. The first kappa shape index (κ1) is 17.6. The molecule has 0 fully saturated rings. The van der Waals surface area contributed by atoms with Gasteiger partial charge in [0, 0.05) is 10.2 Å². The van der Waals surface area contributed by atoms with Crippen molar-refractivity contribution in [3.05, 3.63) is 44.8 Å². The van der Waals surface area contributed by atoms with Crippen LogP contribution in [0.3, 0.4) is 0 Å². The SMILES string of the molecule is COc1cc(C(=O)Nc2cccc(Br)c2)c(Br)c(OC)c1OC. The zero-order valence-corrected chi connectivity index (χ0v) is 15.9. The highest BCUT2D eigenvalue weighted by atomic mass is 79.9. The van der Waals surface area contributed by atoms with Gasteiger partial charge in [-0.05, 0) is 40.2 Å². The van der Waals surface area contributed by atoms with Gasteiger partial charge in [-0.3, -0.25) is 4.79 Å². The lowest BCUT2D eigenvalue weighted by Gasteiger charge is -2.16. The molecule has 0 saturated heterocycles. The van der Waals surface area contributed by atoms with Crippen LogP contribution in [0.4, 0.5) is 5.69 Å². The van der Waals surface area contributed by atoms with Crippen molar-refractivity contribution in [2.75, 3.05) is 26.6 Å². The highest BCUT2D eigenvalue weighted by molar-refractivity contribution is 9.10. The van der Waals surface area contributed by atoms with Crippen LogP contribution < -0.4 is 19.5 Å². The van der Waals surface area contributed by atoms with Gasteiger partial charge in [-0.2, -0.15) is 0 Å². The van der Waals surface area contributed by atoms with Gasteiger partial charge in [0.05, 0.1) is 31.4 Å². The van der Waals surface area contributed by atoms with Crippen LogP contribution >= 0.6 is 31.9 Å². The summed E-state index contributed by atoms with van der Waals surface area (Å²) in [4.78, 5) is 12.6. The van der Waals surface area contributed by atoms with Crippen molar-refractivity contribution in [1.29, 1.82) is 0 Å². The molecule has 0 spiro atoms. The second-order valence-corrected chi connectivity index (χ2v) is 6.18. The predicted octanol–water partition coefficient (Wildman–Crippen LogP) is 4.49. The Labute approximate surface area is 151 Å². The van der Waals surface area contributed by atoms with Crippen molar-refractivity contribution in [2.45, 2.75) is 0 Å². The van der Waals surface area contributed by atoms with E-state index in [4.69, 9.17) is 14.2 Å². The van der Waals surface area contributed by atoms with E-state index in [-0.39, 0.29) is 5.91 Å². The Morgan fingerprint density at radius 2 is 1.70 bits per heavy atom. The van der Waals surface area contributed by atoms with E-state index in [1.165, 1.54) is 21.3 Å². The van der Waals surface area contributed by atoms with Crippen LogP contribution in [-0.2, 0) is 0 Å². The minimum atomic E-state index is -0.297. The molecule has 0 aliphatic carbocycles. The van der Waals surface area contributed by atoms with Gasteiger partial charge in [0.1, 0.15) is 0 Å². The lowest BCUT2D eigenvalue weighted by atomic mass is 10.1. The van der Waals surface area contributed by atoms with Gasteiger partial charge in [0.2, 0.25) is 5.75 Å². The Morgan fingerprint density at radius 3 is 2.26 bits per heavy atom. The summed E-state index contributed by atoms with van der Waals surface area (Å²) in [6.45, 7) is 0. The number of methoxy groups -OCH3 is 3. The first-order chi connectivity index (χ1) is 11.0. The average molecular weight is 445 g/mol. The largest absolute Gasteiger partial charge is 0.493 e. The first-order valence-corrected chi connectivity index (χ1v) is 8.15. The molecule has 1 N–H and O–H groups in total.